The molecule has 1 atom stereocenters. The Bertz CT molecular complexity index is 418. The topological polar surface area (TPSA) is 52.7 Å². The first kappa shape index (κ1) is 15.7. The molecule has 3 aliphatic heterocycles. The molecule has 0 aromatic carbocycles. The van der Waals surface area contributed by atoms with Crippen LogP contribution >= 0.6 is 0 Å². The summed E-state index contributed by atoms with van der Waals surface area (Å²) in [6.07, 6.45) is 8.95. The van der Waals surface area contributed by atoms with Gasteiger partial charge in [0, 0.05) is 32.2 Å². The molecule has 6 heteroatoms. The first-order chi connectivity index (χ1) is 10.2. The van der Waals surface area contributed by atoms with E-state index in [-0.39, 0.29) is 0 Å². The maximum atomic E-state index is 12.8. The van der Waals surface area contributed by atoms with Crippen LogP contribution in [0.2, 0.25) is 0 Å². The van der Waals surface area contributed by atoms with E-state index in [1.807, 2.05) is 0 Å². The number of hydrogen-bond acceptors (Lipinski definition) is 3. The maximum Gasteiger partial charge on any atom is 0.281 e. The first-order valence-corrected chi connectivity index (χ1v) is 10.1. The van der Waals surface area contributed by atoms with Crippen molar-refractivity contribution in [3.05, 3.63) is 0 Å². The molecule has 5 nitrogen and oxygen atoms in total. The van der Waals surface area contributed by atoms with Crippen molar-refractivity contribution < 1.29 is 8.42 Å². The molecular formula is C15H29N3O2S. The molecule has 3 heterocycles. The lowest BCUT2D eigenvalue weighted by Gasteiger charge is -2.36. The first-order valence-electron chi connectivity index (χ1n) is 8.66. The minimum Gasteiger partial charge on any atom is -0.314 e. The third kappa shape index (κ3) is 3.60. The standard InChI is InChI=1S/C15H29N3O2S/c19-21(20,17-10-3-1-2-4-11-17)18-12-7-14(8-13-18)15-6-5-9-16-15/h14-16H,1-13H2. The van der Waals surface area contributed by atoms with Crippen molar-refractivity contribution >= 4 is 10.2 Å². The van der Waals surface area contributed by atoms with Crippen molar-refractivity contribution in [2.75, 3.05) is 32.7 Å². The smallest absolute Gasteiger partial charge is 0.281 e. The van der Waals surface area contributed by atoms with Crippen LogP contribution in [0.4, 0.5) is 0 Å². The third-order valence-corrected chi connectivity index (χ3v) is 7.42. The van der Waals surface area contributed by atoms with Gasteiger partial charge in [0.05, 0.1) is 0 Å². The molecule has 0 amide bonds. The van der Waals surface area contributed by atoms with Crippen molar-refractivity contribution in [2.45, 2.75) is 57.4 Å². The highest BCUT2D eigenvalue weighted by atomic mass is 32.2. The van der Waals surface area contributed by atoms with Crippen molar-refractivity contribution in [3.63, 3.8) is 0 Å². The van der Waals surface area contributed by atoms with Crippen LogP contribution in [0.5, 0.6) is 0 Å². The molecule has 0 radical (unpaired) electrons. The average molecular weight is 315 g/mol. The summed E-state index contributed by atoms with van der Waals surface area (Å²) >= 11 is 0. The van der Waals surface area contributed by atoms with Crippen LogP contribution < -0.4 is 5.32 Å². The van der Waals surface area contributed by atoms with Crippen LogP contribution in [0.25, 0.3) is 0 Å². The second kappa shape index (κ2) is 6.94. The minimum atomic E-state index is -3.21. The zero-order valence-corrected chi connectivity index (χ0v) is 13.8. The molecule has 0 aromatic rings. The maximum absolute atomic E-state index is 12.8. The van der Waals surface area contributed by atoms with Gasteiger partial charge in [-0.3, -0.25) is 0 Å². The fourth-order valence-electron chi connectivity index (χ4n) is 4.06. The van der Waals surface area contributed by atoms with Gasteiger partial charge in [-0.1, -0.05) is 12.8 Å². The molecule has 0 aromatic heterocycles. The van der Waals surface area contributed by atoms with E-state index in [0.717, 1.165) is 32.2 Å². The Morgan fingerprint density at radius 2 is 1.38 bits per heavy atom. The molecule has 122 valence electrons. The molecule has 0 aliphatic carbocycles. The summed E-state index contributed by atoms with van der Waals surface area (Å²) in [6, 6.07) is 0.632. The Kier molecular flexibility index (Phi) is 5.19. The van der Waals surface area contributed by atoms with E-state index in [9.17, 15) is 8.42 Å². The van der Waals surface area contributed by atoms with Gasteiger partial charge >= 0.3 is 0 Å². The molecule has 3 fully saturated rings. The zero-order chi connectivity index (χ0) is 14.7. The van der Waals surface area contributed by atoms with Gasteiger partial charge < -0.3 is 5.32 Å². The van der Waals surface area contributed by atoms with Crippen LogP contribution in [-0.2, 0) is 10.2 Å². The van der Waals surface area contributed by atoms with E-state index >= 15 is 0 Å². The lowest BCUT2D eigenvalue weighted by Crippen LogP contribution is -2.49. The molecule has 3 aliphatic rings. The largest absolute Gasteiger partial charge is 0.314 e. The third-order valence-electron chi connectivity index (χ3n) is 5.38. The Morgan fingerprint density at radius 1 is 0.762 bits per heavy atom. The minimum absolute atomic E-state index is 0.632. The van der Waals surface area contributed by atoms with Crippen LogP contribution in [0.3, 0.4) is 0 Å². The van der Waals surface area contributed by atoms with Gasteiger partial charge in [-0.2, -0.15) is 17.0 Å². The molecule has 0 saturated carbocycles. The van der Waals surface area contributed by atoms with Gasteiger partial charge in [-0.05, 0) is 51.0 Å². The number of hydrogen-bond donors (Lipinski definition) is 1. The van der Waals surface area contributed by atoms with Crippen molar-refractivity contribution in [1.29, 1.82) is 0 Å². The number of piperidine rings is 1. The number of nitrogens with zero attached hydrogens (tertiary/aromatic N) is 2. The summed E-state index contributed by atoms with van der Waals surface area (Å²) in [4.78, 5) is 0. The van der Waals surface area contributed by atoms with E-state index in [1.54, 1.807) is 8.61 Å². The van der Waals surface area contributed by atoms with Gasteiger partial charge in [0.2, 0.25) is 0 Å². The summed E-state index contributed by atoms with van der Waals surface area (Å²) in [5, 5.41) is 3.57. The highest BCUT2D eigenvalue weighted by Crippen LogP contribution is 2.28. The lowest BCUT2D eigenvalue weighted by molar-refractivity contribution is 0.222. The SMILES string of the molecule is O=S(=O)(N1CCCCCC1)N1CCC(C2CCCN2)CC1. The van der Waals surface area contributed by atoms with Gasteiger partial charge in [0.25, 0.3) is 10.2 Å². The molecule has 1 N–H and O–H groups in total. The molecule has 0 bridgehead atoms. The molecule has 3 saturated heterocycles. The number of nitrogens with one attached hydrogen (secondary N) is 1. The lowest BCUT2D eigenvalue weighted by atomic mass is 9.89. The second-order valence-electron chi connectivity index (χ2n) is 6.76. The molecular weight excluding hydrogens is 286 g/mol. The monoisotopic (exact) mass is 315 g/mol. The van der Waals surface area contributed by atoms with E-state index in [4.69, 9.17) is 0 Å². The summed E-state index contributed by atoms with van der Waals surface area (Å²) < 4.78 is 29.0. The van der Waals surface area contributed by atoms with E-state index in [0.29, 0.717) is 38.1 Å². The quantitative estimate of drug-likeness (QED) is 0.860. The summed E-state index contributed by atoms with van der Waals surface area (Å²) in [6.45, 7) is 3.99. The highest BCUT2D eigenvalue weighted by molar-refractivity contribution is 7.86. The Morgan fingerprint density at radius 3 is 1.95 bits per heavy atom. The van der Waals surface area contributed by atoms with Crippen molar-refractivity contribution in [3.8, 4) is 0 Å². The fourth-order valence-corrected chi connectivity index (χ4v) is 5.78. The van der Waals surface area contributed by atoms with Crippen molar-refractivity contribution in [1.82, 2.24) is 13.9 Å². The van der Waals surface area contributed by atoms with Gasteiger partial charge in [0.1, 0.15) is 0 Å². The van der Waals surface area contributed by atoms with Gasteiger partial charge in [-0.25, -0.2) is 0 Å². The van der Waals surface area contributed by atoms with E-state index < -0.39 is 10.2 Å². The second-order valence-corrected chi connectivity index (χ2v) is 8.69. The van der Waals surface area contributed by atoms with Gasteiger partial charge in [0.15, 0.2) is 0 Å². The van der Waals surface area contributed by atoms with E-state index in [1.165, 1.54) is 25.7 Å². The number of rotatable bonds is 3. The Hall–Kier alpha value is -0.170. The average Bonchev–Trinajstić information content (AvgIpc) is 2.89. The van der Waals surface area contributed by atoms with Crippen LogP contribution in [0.15, 0.2) is 0 Å². The molecule has 3 rings (SSSR count). The summed E-state index contributed by atoms with van der Waals surface area (Å²) in [5.74, 6) is 0.670. The zero-order valence-electron chi connectivity index (χ0n) is 13.0. The Labute approximate surface area is 129 Å². The fraction of sp³-hybridized carbons (Fsp3) is 1.00. The molecule has 21 heavy (non-hydrogen) atoms. The summed E-state index contributed by atoms with van der Waals surface area (Å²) in [7, 11) is -3.21. The normalized spacial score (nSPS) is 31.3. The Balaban J connectivity index is 1.57. The van der Waals surface area contributed by atoms with Gasteiger partial charge in [-0.15, -0.1) is 0 Å². The van der Waals surface area contributed by atoms with Crippen LogP contribution in [0, 0.1) is 5.92 Å². The predicted molar refractivity (Wildman–Crippen MR) is 84.3 cm³/mol. The van der Waals surface area contributed by atoms with Crippen LogP contribution in [0.1, 0.15) is 51.4 Å². The van der Waals surface area contributed by atoms with Crippen molar-refractivity contribution in [2.24, 2.45) is 5.92 Å². The highest BCUT2D eigenvalue weighted by Gasteiger charge is 2.35. The van der Waals surface area contributed by atoms with E-state index in [2.05, 4.69) is 5.32 Å². The van der Waals surface area contributed by atoms with Crippen LogP contribution in [-0.4, -0.2) is 55.8 Å². The summed E-state index contributed by atoms with van der Waals surface area (Å²) in [5.41, 5.74) is 0. The predicted octanol–water partition coefficient (Wildman–Crippen LogP) is 1.57. The molecule has 1 unspecified atom stereocenters. The molecule has 0 spiro atoms.